The standard InChI is InChI=1S/C13H13BrClN3O2/c1-18-13(19)12(14)10(7-17-18)16-6-8-3-4-9(15)5-11(8)20-2/h3-5,7,16H,6H2,1-2H3. The minimum absolute atomic E-state index is 0.196. The van der Waals surface area contributed by atoms with E-state index in [1.807, 2.05) is 6.07 Å². The number of nitrogens with zero attached hydrogens (tertiary/aromatic N) is 2. The molecule has 0 aliphatic rings. The molecule has 0 saturated heterocycles. The van der Waals surface area contributed by atoms with Gasteiger partial charge in [-0.25, -0.2) is 4.68 Å². The van der Waals surface area contributed by atoms with Crippen molar-refractivity contribution in [3.63, 3.8) is 0 Å². The van der Waals surface area contributed by atoms with Gasteiger partial charge in [-0.05, 0) is 28.1 Å². The highest BCUT2D eigenvalue weighted by Gasteiger charge is 2.08. The van der Waals surface area contributed by atoms with Crippen LogP contribution in [0, 0.1) is 0 Å². The zero-order chi connectivity index (χ0) is 14.7. The number of methoxy groups -OCH3 is 1. The molecule has 0 unspecified atom stereocenters. The van der Waals surface area contributed by atoms with Crippen LogP contribution in [0.25, 0.3) is 0 Å². The number of aryl methyl sites for hydroxylation is 1. The average molecular weight is 359 g/mol. The second-order valence-electron chi connectivity index (χ2n) is 4.11. The van der Waals surface area contributed by atoms with Crippen molar-refractivity contribution in [2.75, 3.05) is 12.4 Å². The Bertz CT molecular complexity index is 688. The molecule has 5 nitrogen and oxygen atoms in total. The molecule has 0 amide bonds. The molecule has 0 bridgehead atoms. The third-order valence-corrected chi connectivity index (χ3v) is 3.80. The first-order valence-electron chi connectivity index (χ1n) is 5.81. The van der Waals surface area contributed by atoms with E-state index in [1.165, 1.54) is 4.68 Å². The Morgan fingerprint density at radius 3 is 2.95 bits per heavy atom. The third-order valence-electron chi connectivity index (χ3n) is 2.80. The maximum absolute atomic E-state index is 11.7. The fourth-order valence-electron chi connectivity index (χ4n) is 1.69. The van der Waals surface area contributed by atoms with Crippen LogP contribution in [0.15, 0.2) is 33.7 Å². The highest BCUT2D eigenvalue weighted by Crippen LogP contribution is 2.25. The number of hydrogen-bond acceptors (Lipinski definition) is 4. The molecule has 0 saturated carbocycles. The number of halogens is 2. The van der Waals surface area contributed by atoms with Crippen molar-refractivity contribution in [2.45, 2.75) is 6.54 Å². The molecule has 1 heterocycles. The molecule has 0 aliphatic heterocycles. The van der Waals surface area contributed by atoms with Crippen LogP contribution in [-0.4, -0.2) is 16.9 Å². The molecular weight excluding hydrogens is 346 g/mol. The first-order valence-corrected chi connectivity index (χ1v) is 6.98. The minimum atomic E-state index is -0.196. The van der Waals surface area contributed by atoms with Gasteiger partial charge in [0.05, 0.1) is 19.0 Å². The van der Waals surface area contributed by atoms with Crippen LogP contribution in [-0.2, 0) is 13.6 Å². The first kappa shape index (κ1) is 14.9. The summed E-state index contributed by atoms with van der Waals surface area (Å²) in [7, 11) is 3.18. The smallest absolute Gasteiger partial charge is 0.282 e. The van der Waals surface area contributed by atoms with Gasteiger partial charge in [0.1, 0.15) is 10.2 Å². The first-order chi connectivity index (χ1) is 9.52. The molecule has 0 atom stereocenters. The molecule has 106 valence electrons. The number of aromatic nitrogens is 2. The number of hydrogen-bond donors (Lipinski definition) is 1. The summed E-state index contributed by atoms with van der Waals surface area (Å²) < 4.78 is 6.98. The molecule has 2 aromatic rings. The lowest BCUT2D eigenvalue weighted by Crippen LogP contribution is -2.21. The van der Waals surface area contributed by atoms with Crippen molar-refractivity contribution in [2.24, 2.45) is 7.05 Å². The maximum atomic E-state index is 11.7. The number of benzene rings is 1. The second-order valence-corrected chi connectivity index (χ2v) is 5.34. The van der Waals surface area contributed by atoms with Crippen LogP contribution in [0.3, 0.4) is 0 Å². The van der Waals surface area contributed by atoms with Crippen LogP contribution in [0.4, 0.5) is 5.69 Å². The molecule has 0 fully saturated rings. The van der Waals surface area contributed by atoms with Crippen LogP contribution in [0.1, 0.15) is 5.56 Å². The fraction of sp³-hybridized carbons (Fsp3) is 0.231. The van der Waals surface area contributed by atoms with E-state index >= 15 is 0 Å². The summed E-state index contributed by atoms with van der Waals surface area (Å²) in [5, 5.41) is 7.73. The van der Waals surface area contributed by atoms with Gasteiger partial charge >= 0.3 is 0 Å². The maximum Gasteiger partial charge on any atom is 0.282 e. The minimum Gasteiger partial charge on any atom is -0.496 e. The molecule has 20 heavy (non-hydrogen) atoms. The Balaban J connectivity index is 2.21. The molecule has 1 aromatic heterocycles. The van der Waals surface area contributed by atoms with Crippen LogP contribution in [0.2, 0.25) is 5.02 Å². The summed E-state index contributed by atoms with van der Waals surface area (Å²) in [6, 6.07) is 5.41. The van der Waals surface area contributed by atoms with Gasteiger partial charge in [-0.1, -0.05) is 17.7 Å². The molecule has 0 radical (unpaired) electrons. The van der Waals surface area contributed by atoms with Gasteiger partial charge in [-0.3, -0.25) is 4.79 Å². The van der Waals surface area contributed by atoms with Crippen molar-refractivity contribution in [1.29, 1.82) is 0 Å². The lowest BCUT2D eigenvalue weighted by Gasteiger charge is -2.12. The zero-order valence-electron chi connectivity index (χ0n) is 11.0. The summed E-state index contributed by atoms with van der Waals surface area (Å²) in [6.45, 7) is 0.494. The van der Waals surface area contributed by atoms with Gasteiger partial charge in [0.25, 0.3) is 5.56 Å². The SMILES string of the molecule is COc1cc(Cl)ccc1CNc1cnn(C)c(=O)c1Br. The molecular formula is C13H13BrClN3O2. The van der Waals surface area contributed by atoms with Gasteiger partial charge in [-0.15, -0.1) is 0 Å². The van der Waals surface area contributed by atoms with E-state index < -0.39 is 0 Å². The van der Waals surface area contributed by atoms with Gasteiger partial charge < -0.3 is 10.1 Å². The van der Waals surface area contributed by atoms with E-state index in [9.17, 15) is 4.79 Å². The molecule has 1 N–H and O–H groups in total. The van der Waals surface area contributed by atoms with Crippen LogP contribution < -0.4 is 15.6 Å². The van der Waals surface area contributed by atoms with Crippen molar-refractivity contribution >= 4 is 33.2 Å². The predicted octanol–water partition coefficient (Wildman–Crippen LogP) is 2.82. The van der Waals surface area contributed by atoms with E-state index in [1.54, 1.807) is 32.5 Å². The Hall–Kier alpha value is -1.53. The average Bonchev–Trinajstić information content (AvgIpc) is 2.45. The van der Waals surface area contributed by atoms with Gasteiger partial charge in [0.2, 0.25) is 0 Å². The Labute approximate surface area is 129 Å². The van der Waals surface area contributed by atoms with Crippen molar-refractivity contribution in [3.05, 3.63) is 49.8 Å². The lowest BCUT2D eigenvalue weighted by atomic mass is 10.2. The fourth-order valence-corrected chi connectivity index (χ4v) is 2.35. The molecule has 7 heteroatoms. The van der Waals surface area contributed by atoms with Crippen LogP contribution >= 0.6 is 27.5 Å². The third kappa shape index (κ3) is 3.13. The normalized spacial score (nSPS) is 10.4. The van der Waals surface area contributed by atoms with E-state index in [0.717, 1.165) is 5.56 Å². The summed E-state index contributed by atoms with van der Waals surface area (Å²) in [4.78, 5) is 11.7. The number of anilines is 1. The number of rotatable bonds is 4. The number of nitrogens with one attached hydrogen (secondary N) is 1. The monoisotopic (exact) mass is 357 g/mol. The van der Waals surface area contributed by atoms with E-state index in [2.05, 4.69) is 26.3 Å². The highest BCUT2D eigenvalue weighted by molar-refractivity contribution is 9.10. The summed E-state index contributed by atoms with van der Waals surface area (Å²) in [6.07, 6.45) is 1.59. The van der Waals surface area contributed by atoms with Gasteiger partial charge in [-0.2, -0.15) is 5.10 Å². The Morgan fingerprint density at radius 2 is 2.25 bits per heavy atom. The van der Waals surface area contributed by atoms with Gasteiger partial charge in [0.15, 0.2) is 0 Å². The van der Waals surface area contributed by atoms with E-state index in [4.69, 9.17) is 16.3 Å². The van der Waals surface area contributed by atoms with Gasteiger partial charge in [0, 0.05) is 24.2 Å². The van der Waals surface area contributed by atoms with Crippen molar-refractivity contribution in [3.8, 4) is 5.75 Å². The summed E-state index contributed by atoms with van der Waals surface area (Å²) in [5.41, 5.74) is 1.37. The van der Waals surface area contributed by atoms with E-state index in [0.29, 0.717) is 27.5 Å². The largest absolute Gasteiger partial charge is 0.496 e. The summed E-state index contributed by atoms with van der Waals surface area (Å²) in [5.74, 6) is 0.693. The molecule has 0 aliphatic carbocycles. The van der Waals surface area contributed by atoms with Crippen molar-refractivity contribution in [1.82, 2.24) is 9.78 Å². The molecule has 1 aromatic carbocycles. The predicted molar refractivity (Wildman–Crippen MR) is 82.5 cm³/mol. The number of ether oxygens (including phenoxy) is 1. The zero-order valence-corrected chi connectivity index (χ0v) is 13.3. The Morgan fingerprint density at radius 1 is 1.50 bits per heavy atom. The second kappa shape index (κ2) is 6.28. The quantitative estimate of drug-likeness (QED) is 0.913. The lowest BCUT2D eigenvalue weighted by molar-refractivity contribution is 0.410. The van der Waals surface area contributed by atoms with E-state index in [-0.39, 0.29) is 5.56 Å². The molecule has 2 rings (SSSR count). The van der Waals surface area contributed by atoms with Crippen molar-refractivity contribution < 1.29 is 4.74 Å². The Kier molecular flexibility index (Phi) is 4.67. The van der Waals surface area contributed by atoms with Crippen LogP contribution in [0.5, 0.6) is 5.75 Å². The topological polar surface area (TPSA) is 56.1 Å². The summed E-state index contributed by atoms with van der Waals surface area (Å²) >= 11 is 9.18. The molecule has 0 spiro atoms. The highest BCUT2D eigenvalue weighted by atomic mass is 79.9.